The minimum Gasteiger partial charge on any atom is -0.463 e. The number of amides is 2. The lowest BCUT2D eigenvalue weighted by Gasteiger charge is -2.29. The Bertz CT molecular complexity index is 1090. The number of nitrogens with one attached hydrogen (secondary N) is 2. The van der Waals surface area contributed by atoms with Gasteiger partial charge in [-0.25, -0.2) is 9.59 Å². The van der Waals surface area contributed by atoms with E-state index >= 15 is 0 Å². The Labute approximate surface area is 179 Å². The zero-order chi connectivity index (χ0) is 22.8. The van der Waals surface area contributed by atoms with E-state index in [-0.39, 0.29) is 17.9 Å². The molecule has 31 heavy (non-hydrogen) atoms. The summed E-state index contributed by atoms with van der Waals surface area (Å²) in [6.07, 6.45) is -4.04. The Morgan fingerprint density at radius 3 is 2.45 bits per heavy atom. The van der Waals surface area contributed by atoms with Crippen LogP contribution in [0.4, 0.5) is 18.0 Å². The molecule has 7 nitrogen and oxygen atoms in total. The summed E-state index contributed by atoms with van der Waals surface area (Å²) in [6.45, 7) is 1.14. The summed E-state index contributed by atoms with van der Waals surface area (Å²) < 4.78 is 45.1. The van der Waals surface area contributed by atoms with Crippen molar-refractivity contribution >= 4 is 23.6 Å². The summed E-state index contributed by atoms with van der Waals surface area (Å²) in [4.78, 5) is 37.1. The van der Waals surface area contributed by atoms with Gasteiger partial charge >= 0.3 is 18.2 Å². The molecule has 11 heteroatoms. The van der Waals surface area contributed by atoms with Gasteiger partial charge in [0, 0.05) is 17.3 Å². The average molecular weight is 456 g/mol. The van der Waals surface area contributed by atoms with Crippen molar-refractivity contribution in [1.29, 1.82) is 0 Å². The highest BCUT2D eigenvalue weighted by Crippen LogP contribution is 2.30. The van der Waals surface area contributed by atoms with E-state index in [9.17, 15) is 27.6 Å². The number of carbonyl (C=O) groups excluding carboxylic acids is 2. The first-order valence-corrected chi connectivity index (χ1v) is 9.48. The number of hydrogen-bond donors (Lipinski definition) is 2. The van der Waals surface area contributed by atoms with E-state index in [1.807, 2.05) is 0 Å². The molecule has 1 aliphatic heterocycles. The first-order valence-electron chi connectivity index (χ1n) is 9.11. The van der Waals surface area contributed by atoms with Gasteiger partial charge in [0.2, 0.25) is 0 Å². The van der Waals surface area contributed by atoms with E-state index in [1.165, 1.54) is 0 Å². The number of aromatic nitrogens is 1. The number of ether oxygens (including phenoxy) is 1. The van der Waals surface area contributed by atoms with Crippen molar-refractivity contribution < 1.29 is 27.5 Å². The Morgan fingerprint density at radius 1 is 1.16 bits per heavy atom. The van der Waals surface area contributed by atoms with E-state index in [2.05, 4.69) is 10.6 Å². The van der Waals surface area contributed by atoms with E-state index in [0.29, 0.717) is 22.8 Å². The third-order valence-electron chi connectivity index (χ3n) is 4.49. The molecule has 0 saturated heterocycles. The van der Waals surface area contributed by atoms with Crippen molar-refractivity contribution in [3.05, 3.63) is 80.4 Å². The number of carbonyl (C=O) groups is 2. The molecule has 0 radical (unpaired) electrons. The van der Waals surface area contributed by atoms with E-state index < -0.39 is 41.9 Å². The van der Waals surface area contributed by atoms with Gasteiger partial charge in [-0.05, 0) is 30.7 Å². The molecule has 2 heterocycles. The topological polar surface area (TPSA) is 89.4 Å². The second-order valence-electron chi connectivity index (χ2n) is 6.58. The normalized spacial score (nSPS) is 16.5. The molecule has 1 aromatic heterocycles. The molecule has 2 amide bonds. The summed E-state index contributed by atoms with van der Waals surface area (Å²) in [5.74, 6) is -0.787. The van der Waals surface area contributed by atoms with Crippen LogP contribution >= 0.6 is 11.6 Å². The molecule has 0 saturated carbocycles. The Balaban J connectivity index is 2.12. The first-order chi connectivity index (χ1) is 14.6. The average Bonchev–Trinajstić information content (AvgIpc) is 2.69. The second kappa shape index (κ2) is 8.84. The summed E-state index contributed by atoms with van der Waals surface area (Å²) in [5, 5.41) is 5.43. The molecule has 1 unspecified atom stereocenters. The maximum atomic E-state index is 13.1. The van der Waals surface area contributed by atoms with Crippen LogP contribution in [0, 0.1) is 0 Å². The summed E-state index contributed by atoms with van der Waals surface area (Å²) in [5.41, 5.74) is -1.37. The highest BCUT2D eigenvalue weighted by Gasteiger charge is 2.35. The van der Waals surface area contributed by atoms with Gasteiger partial charge in [0.1, 0.15) is 0 Å². The minimum atomic E-state index is -4.67. The fourth-order valence-corrected chi connectivity index (χ4v) is 3.22. The number of halogens is 4. The van der Waals surface area contributed by atoms with Crippen LogP contribution in [0.25, 0.3) is 0 Å². The molecule has 3 rings (SSSR count). The highest BCUT2D eigenvalue weighted by atomic mass is 35.5. The molecule has 2 aromatic rings. The van der Waals surface area contributed by atoms with E-state index in [0.717, 1.165) is 10.6 Å². The second-order valence-corrected chi connectivity index (χ2v) is 7.01. The zero-order valence-electron chi connectivity index (χ0n) is 16.1. The molecule has 1 aromatic carbocycles. The Hall–Kier alpha value is -3.27. The van der Waals surface area contributed by atoms with Crippen LogP contribution in [0.1, 0.15) is 24.1 Å². The lowest BCUT2D eigenvalue weighted by molar-refractivity contribution is -0.139. The molecule has 0 aliphatic carbocycles. The number of nitrogens with zero attached hydrogens (tertiary/aromatic N) is 1. The van der Waals surface area contributed by atoms with Crippen LogP contribution in [0.5, 0.6) is 0 Å². The summed E-state index contributed by atoms with van der Waals surface area (Å²) in [6, 6.07) is 6.09. The first kappa shape index (κ1) is 22.4. The monoisotopic (exact) mass is 455 g/mol. The van der Waals surface area contributed by atoms with Crippen LogP contribution < -0.4 is 16.2 Å². The maximum absolute atomic E-state index is 13.1. The van der Waals surface area contributed by atoms with Gasteiger partial charge < -0.3 is 19.9 Å². The van der Waals surface area contributed by atoms with Crippen LogP contribution in [0.3, 0.4) is 0 Å². The van der Waals surface area contributed by atoms with Crippen LogP contribution in [0.15, 0.2) is 58.7 Å². The fourth-order valence-electron chi connectivity index (χ4n) is 3.09. The molecule has 0 spiro atoms. The van der Waals surface area contributed by atoms with Crippen LogP contribution in [-0.2, 0) is 22.3 Å². The number of pyridine rings is 1. The third kappa shape index (κ3) is 5.08. The Kier molecular flexibility index (Phi) is 6.40. The van der Waals surface area contributed by atoms with Gasteiger partial charge in [0.05, 0.1) is 36.0 Å². The van der Waals surface area contributed by atoms with Gasteiger partial charge in [-0.15, -0.1) is 0 Å². The molecule has 164 valence electrons. The van der Waals surface area contributed by atoms with Gasteiger partial charge in [0.15, 0.2) is 0 Å². The number of allylic oxidation sites excluding steroid dienone is 1. The number of hydrogen-bond acceptors (Lipinski definition) is 4. The lowest BCUT2D eigenvalue weighted by atomic mass is 9.95. The standard InChI is InChI=1S/C20H17ClF3N3O4/c1-2-31-18(29)16-14(10-27-9-12(20(22,23)24)5-8-15(27)28)25-19(30)26-17(16)11-3-6-13(21)7-4-11/h3-9,17H,2,10H2,1H3,(H2,25,26,30). The largest absolute Gasteiger partial charge is 0.463 e. The maximum Gasteiger partial charge on any atom is 0.417 e. The van der Waals surface area contributed by atoms with Crippen molar-refractivity contribution in [1.82, 2.24) is 15.2 Å². The zero-order valence-corrected chi connectivity index (χ0v) is 16.9. The van der Waals surface area contributed by atoms with Crippen LogP contribution in [0.2, 0.25) is 5.02 Å². The van der Waals surface area contributed by atoms with Gasteiger partial charge in [-0.3, -0.25) is 4.79 Å². The molecular weight excluding hydrogens is 439 g/mol. The quantitative estimate of drug-likeness (QED) is 0.676. The minimum absolute atomic E-state index is 0.0282. The van der Waals surface area contributed by atoms with Crippen LogP contribution in [-0.4, -0.2) is 23.2 Å². The van der Waals surface area contributed by atoms with Crippen molar-refractivity contribution in [3.8, 4) is 0 Å². The summed E-state index contributed by atoms with van der Waals surface area (Å²) in [7, 11) is 0. The van der Waals surface area contributed by atoms with E-state index in [1.54, 1.807) is 31.2 Å². The SMILES string of the molecule is CCOC(=O)C1=C(Cn2cc(C(F)(F)F)ccc2=O)NC(=O)NC1c1ccc(Cl)cc1. The molecule has 0 fully saturated rings. The van der Waals surface area contributed by atoms with Crippen molar-refractivity contribution in [2.45, 2.75) is 25.7 Å². The molecular formula is C20H17ClF3N3O4. The van der Waals surface area contributed by atoms with Gasteiger partial charge in [0.25, 0.3) is 5.56 Å². The number of urea groups is 1. The van der Waals surface area contributed by atoms with Crippen molar-refractivity contribution in [2.24, 2.45) is 0 Å². The van der Waals surface area contributed by atoms with Gasteiger partial charge in [-0.2, -0.15) is 13.2 Å². The number of esters is 1. The third-order valence-corrected chi connectivity index (χ3v) is 4.74. The van der Waals surface area contributed by atoms with Gasteiger partial charge in [-0.1, -0.05) is 23.7 Å². The van der Waals surface area contributed by atoms with E-state index in [4.69, 9.17) is 16.3 Å². The number of rotatable bonds is 5. The number of alkyl halides is 3. The Morgan fingerprint density at radius 2 is 1.84 bits per heavy atom. The predicted molar refractivity (Wildman–Crippen MR) is 105 cm³/mol. The van der Waals surface area contributed by atoms with Crippen molar-refractivity contribution in [2.75, 3.05) is 6.61 Å². The molecule has 2 N–H and O–H groups in total. The van der Waals surface area contributed by atoms with Crippen molar-refractivity contribution in [3.63, 3.8) is 0 Å². The predicted octanol–water partition coefficient (Wildman–Crippen LogP) is 3.39. The summed E-state index contributed by atoms with van der Waals surface area (Å²) >= 11 is 5.90. The number of benzene rings is 1. The highest BCUT2D eigenvalue weighted by molar-refractivity contribution is 6.30. The molecule has 1 aliphatic rings. The molecule has 0 bridgehead atoms. The lowest BCUT2D eigenvalue weighted by Crippen LogP contribution is -2.47. The smallest absolute Gasteiger partial charge is 0.417 e. The fraction of sp³-hybridized carbons (Fsp3) is 0.250. The molecule has 1 atom stereocenters.